The lowest BCUT2D eigenvalue weighted by atomic mass is 10.0. The summed E-state index contributed by atoms with van der Waals surface area (Å²) in [4.78, 5) is 0. The van der Waals surface area contributed by atoms with Crippen LogP contribution >= 0.6 is 0 Å². The van der Waals surface area contributed by atoms with E-state index in [9.17, 15) is 0 Å². The molecule has 1 unspecified atom stereocenters. The molecule has 0 aromatic carbocycles. The van der Waals surface area contributed by atoms with Crippen molar-refractivity contribution in [2.75, 3.05) is 0 Å². The van der Waals surface area contributed by atoms with Gasteiger partial charge in [0.2, 0.25) is 0 Å². The zero-order valence-corrected chi connectivity index (χ0v) is 11.1. The van der Waals surface area contributed by atoms with Crippen LogP contribution in [0.1, 0.15) is 52.9 Å². The summed E-state index contributed by atoms with van der Waals surface area (Å²) in [6.07, 6.45) is 7.09. The molecule has 0 bridgehead atoms. The van der Waals surface area contributed by atoms with Crippen LogP contribution in [0.2, 0.25) is 0 Å². The maximum absolute atomic E-state index is 5.55. The zero-order chi connectivity index (χ0) is 9.40. The summed E-state index contributed by atoms with van der Waals surface area (Å²) in [7, 11) is 0.896. The molecule has 1 atom stereocenters. The van der Waals surface area contributed by atoms with E-state index in [4.69, 9.17) is 4.43 Å². The Bertz CT molecular complexity index is 93.8. The molecule has 0 rings (SSSR count). The predicted octanol–water partition coefficient (Wildman–Crippen LogP) is 2.28. The SMILES string of the molecule is CCCCCC(CC(C)C)O[SiH3]. The molecule has 0 saturated heterocycles. The summed E-state index contributed by atoms with van der Waals surface area (Å²) < 4.78 is 5.55. The van der Waals surface area contributed by atoms with Gasteiger partial charge in [-0.2, -0.15) is 0 Å². The van der Waals surface area contributed by atoms with E-state index in [0.29, 0.717) is 6.10 Å². The van der Waals surface area contributed by atoms with Crippen molar-refractivity contribution in [2.45, 2.75) is 59.0 Å². The molecule has 0 aliphatic carbocycles. The molecule has 0 amide bonds. The van der Waals surface area contributed by atoms with Crippen molar-refractivity contribution < 1.29 is 4.43 Å². The Labute approximate surface area is 80.4 Å². The summed E-state index contributed by atoms with van der Waals surface area (Å²) in [6, 6.07) is 0. The molecule has 0 N–H and O–H groups in total. The van der Waals surface area contributed by atoms with Crippen molar-refractivity contribution >= 4 is 10.5 Å². The molecule has 0 aliphatic rings. The second-order valence-corrected chi connectivity index (χ2v) is 4.45. The van der Waals surface area contributed by atoms with Crippen molar-refractivity contribution in [1.82, 2.24) is 0 Å². The highest BCUT2D eigenvalue weighted by Gasteiger charge is 2.07. The van der Waals surface area contributed by atoms with Crippen LogP contribution in [0.3, 0.4) is 0 Å². The van der Waals surface area contributed by atoms with E-state index < -0.39 is 0 Å². The minimum Gasteiger partial charge on any atom is -0.425 e. The fraction of sp³-hybridized carbons (Fsp3) is 1.00. The molecule has 0 spiro atoms. The van der Waals surface area contributed by atoms with Crippen molar-refractivity contribution in [1.29, 1.82) is 0 Å². The van der Waals surface area contributed by atoms with Crippen LogP contribution < -0.4 is 0 Å². The Hall–Kier alpha value is 0.177. The first kappa shape index (κ1) is 12.2. The van der Waals surface area contributed by atoms with Gasteiger partial charge in [-0.05, 0) is 18.8 Å². The second-order valence-electron chi connectivity index (χ2n) is 3.98. The minimum absolute atomic E-state index is 0.559. The fourth-order valence-corrected chi connectivity index (χ4v) is 1.91. The monoisotopic (exact) mass is 188 g/mol. The van der Waals surface area contributed by atoms with Gasteiger partial charge in [0.15, 0.2) is 0 Å². The van der Waals surface area contributed by atoms with E-state index in [1.54, 1.807) is 0 Å². The van der Waals surface area contributed by atoms with Crippen molar-refractivity contribution in [3.05, 3.63) is 0 Å². The lowest BCUT2D eigenvalue weighted by Gasteiger charge is -2.17. The van der Waals surface area contributed by atoms with Gasteiger partial charge in [0.1, 0.15) is 10.5 Å². The van der Waals surface area contributed by atoms with Gasteiger partial charge in [-0.25, -0.2) is 0 Å². The largest absolute Gasteiger partial charge is 0.425 e. The Morgan fingerprint density at radius 3 is 2.33 bits per heavy atom. The van der Waals surface area contributed by atoms with Gasteiger partial charge in [0.05, 0.1) is 0 Å². The first-order chi connectivity index (χ1) is 5.70. The first-order valence-electron chi connectivity index (χ1n) is 5.23. The molecule has 0 radical (unpaired) electrons. The van der Waals surface area contributed by atoms with Crippen LogP contribution in [0, 0.1) is 5.92 Å². The van der Waals surface area contributed by atoms with Gasteiger partial charge in [0.25, 0.3) is 0 Å². The average molecular weight is 188 g/mol. The van der Waals surface area contributed by atoms with Gasteiger partial charge >= 0.3 is 0 Å². The molecule has 0 heterocycles. The van der Waals surface area contributed by atoms with Crippen LogP contribution in [0.4, 0.5) is 0 Å². The van der Waals surface area contributed by atoms with Crippen LogP contribution in [-0.2, 0) is 4.43 Å². The zero-order valence-electron chi connectivity index (χ0n) is 9.10. The predicted molar refractivity (Wildman–Crippen MR) is 58.4 cm³/mol. The standard InChI is InChI=1S/C10H24OSi/c1-4-5-6-7-10(11-12)8-9(2)3/h9-10H,4-8H2,1-3,12H3. The lowest BCUT2D eigenvalue weighted by molar-refractivity contribution is 0.176. The van der Waals surface area contributed by atoms with Crippen LogP contribution in [0.15, 0.2) is 0 Å². The highest BCUT2D eigenvalue weighted by Crippen LogP contribution is 2.13. The number of hydrogen-bond donors (Lipinski definition) is 0. The van der Waals surface area contributed by atoms with Crippen LogP contribution in [-0.4, -0.2) is 16.6 Å². The van der Waals surface area contributed by atoms with E-state index in [1.165, 1.54) is 32.1 Å². The molecule has 0 aliphatic heterocycles. The topological polar surface area (TPSA) is 9.23 Å². The number of unbranched alkanes of at least 4 members (excludes halogenated alkanes) is 2. The third-order valence-electron chi connectivity index (χ3n) is 2.20. The molecule has 2 heteroatoms. The van der Waals surface area contributed by atoms with E-state index >= 15 is 0 Å². The maximum atomic E-state index is 5.55. The van der Waals surface area contributed by atoms with E-state index in [-0.39, 0.29) is 0 Å². The van der Waals surface area contributed by atoms with Crippen molar-refractivity contribution in [3.63, 3.8) is 0 Å². The molecular formula is C10H24OSi. The Morgan fingerprint density at radius 2 is 1.92 bits per heavy atom. The first-order valence-corrected chi connectivity index (χ1v) is 6.05. The summed E-state index contributed by atoms with van der Waals surface area (Å²) in [5, 5.41) is 0. The van der Waals surface area contributed by atoms with Crippen molar-refractivity contribution in [2.24, 2.45) is 5.92 Å². The van der Waals surface area contributed by atoms with Gasteiger partial charge < -0.3 is 4.43 Å². The fourth-order valence-electron chi connectivity index (χ4n) is 1.48. The Kier molecular flexibility index (Phi) is 7.92. The molecular weight excluding hydrogens is 164 g/mol. The molecule has 74 valence electrons. The summed E-state index contributed by atoms with van der Waals surface area (Å²) in [5.74, 6) is 0.783. The summed E-state index contributed by atoms with van der Waals surface area (Å²) in [6.45, 7) is 6.79. The molecule has 0 fully saturated rings. The molecule has 0 saturated carbocycles. The molecule has 12 heavy (non-hydrogen) atoms. The summed E-state index contributed by atoms with van der Waals surface area (Å²) >= 11 is 0. The smallest absolute Gasteiger partial charge is 0.146 e. The molecule has 1 nitrogen and oxygen atoms in total. The van der Waals surface area contributed by atoms with Crippen LogP contribution in [0.5, 0.6) is 0 Å². The van der Waals surface area contributed by atoms with Gasteiger partial charge in [-0.15, -0.1) is 0 Å². The van der Waals surface area contributed by atoms with Crippen molar-refractivity contribution in [3.8, 4) is 0 Å². The third kappa shape index (κ3) is 6.86. The summed E-state index contributed by atoms with van der Waals surface area (Å²) in [5.41, 5.74) is 0. The normalized spacial score (nSPS) is 14.0. The van der Waals surface area contributed by atoms with E-state index in [0.717, 1.165) is 16.4 Å². The van der Waals surface area contributed by atoms with E-state index in [1.807, 2.05) is 0 Å². The minimum atomic E-state index is 0.559. The lowest BCUT2D eigenvalue weighted by Crippen LogP contribution is -2.13. The molecule has 0 aromatic rings. The number of rotatable bonds is 7. The molecule has 0 aromatic heterocycles. The van der Waals surface area contributed by atoms with Gasteiger partial charge in [-0.3, -0.25) is 0 Å². The quantitative estimate of drug-likeness (QED) is 0.440. The van der Waals surface area contributed by atoms with Gasteiger partial charge in [-0.1, -0.05) is 40.0 Å². The highest BCUT2D eigenvalue weighted by molar-refractivity contribution is 5.98. The van der Waals surface area contributed by atoms with Gasteiger partial charge in [0, 0.05) is 6.10 Å². The third-order valence-corrected chi connectivity index (χ3v) is 2.86. The maximum Gasteiger partial charge on any atom is 0.146 e. The van der Waals surface area contributed by atoms with E-state index in [2.05, 4.69) is 20.8 Å². The number of hydrogen-bond acceptors (Lipinski definition) is 1. The average Bonchev–Trinajstić information content (AvgIpc) is 2.02. The second kappa shape index (κ2) is 7.81. The Morgan fingerprint density at radius 1 is 1.25 bits per heavy atom. The highest BCUT2D eigenvalue weighted by atomic mass is 28.2. The Balaban J connectivity index is 3.39. The van der Waals surface area contributed by atoms with Crippen LogP contribution in [0.25, 0.3) is 0 Å².